The summed E-state index contributed by atoms with van der Waals surface area (Å²) >= 11 is 6.11. The van der Waals surface area contributed by atoms with E-state index in [-0.39, 0.29) is 0 Å². The highest BCUT2D eigenvalue weighted by Crippen LogP contribution is 2.25. The molecule has 0 fully saturated rings. The first kappa shape index (κ1) is 15.3. The molecule has 0 saturated carbocycles. The van der Waals surface area contributed by atoms with Gasteiger partial charge in [-0.05, 0) is 23.6 Å². The fraction of sp³-hybridized carbons (Fsp3) is 0.571. The molecule has 18 heavy (non-hydrogen) atoms. The summed E-state index contributed by atoms with van der Waals surface area (Å²) in [4.78, 5) is 0. The summed E-state index contributed by atoms with van der Waals surface area (Å²) in [5.41, 5.74) is 6.43. The van der Waals surface area contributed by atoms with E-state index in [4.69, 9.17) is 26.8 Å². The average molecular weight is 272 g/mol. The predicted molar refractivity (Wildman–Crippen MR) is 75.1 cm³/mol. The lowest BCUT2D eigenvalue weighted by atomic mass is 10.1. The van der Waals surface area contributed by atoms with Gasteiger partial charge in [0, 0.05) is 13.2 Å². The van der Waals surface area contributed by atoms with E-state index in [1.54, 1.807) is 0 Å². The van der Waals surface area contributed by atoms with Crippen LogP contribution in [0.3, 0.4) is 0 Å². The molecule has 0 radical (unpaired) electrons. The molecule has 0 saturated heterocycles. The van der Waals surface area contributed by atoms with E-state index < -0.39 is 0 Å². The van der Waals surface area contributed by atoms with Gasteiger partial charge >= 0.3 is 0 Å². The van der Waals surface area contributed by atoms with Gasteiger partial charge in [0.15, 0.2) is 0 Å². The lowest BCUT2D eigenvalue weighted by Gasteiger charge is -2.11. The third-order valence-corrected chi connectivity index (χ3v) is 3.04. The Morgan fingerprint density at radius 2 is 2.17 bits per heavy atom. The molecule has 1 aromatic rings. The van der Waals surface area contributed by atoms with Crippen molar-refractivity contribution in [2.75, 3.05) is 19.8 Å². The van der Waals surface area contributed by atoms with Crippen molar-refractivity contribution in [2.24, 2.45) is 11.7 Å². The second-order valence-corrected chi connectivity index (χ2v) is 4.84. The first-order valence-corrected chi connectivity index (χ1v) is 6.74. The van der Waals surface area contributed by atoms with Crippen LogP contribution in [-0.4, -0.2) is 19.8 Å². The minimum atomic E-state index is 0.476. The fourth-order valence-electron chi connectivity index (χ4n) is 1.42. The number of halogens is 1. The smallest absolute Gasteiger partial charge is 0.137 e. The van der Waals surface area contributed by atoms with Crippen LogP contribution in [0.25, 0.3) is 0 Å². The lowest BCUT2D eigenvalue weighted by molar-refractivity contribution is 0.0910. The number of rotatable bonds is 8. The van der Waals surface area contributed by atoms with Crippen LogP contribution < -0.4 is 10.5 Å². The van der Waals surface area contributed by atoms with Gasteiger partial charge in [0.05, 0.1) is 11.6 Å². The molecule has 3 nitrogen and oxygen atoms in total. The standard InChI is InChI=1S/C14H22ClNO2/c1-3-11(2)9-17-10-12-4-5-14(13(15)8-12)18-7-6-16/h4-5,8,11H,3,6-7,9-10,16H2,1-2H3. The van der Waals surface area contributed by atoms with E-state index >= 15 is 0 Å². The number of hydrogen-bond acceptors (Lipinski definition) is 3. The zero-order valence-electron chi connectivity index (χ0n) is 11.1. The van der Waals surface area contributed by atoms with Crippen molar-refractivity contribution in [1.29, 1.82) is 0 Å². The quantitative estimate of drug-likeness (QED) is 0.789. The minimum absolute atomic E-state index is 0.476. The SMILES string of the molecule is CCC(C)COCc1ccc(OCCN)c(Cl)c1. The van der Waals surface area contributed by atoms with Crippen molar-refractivity contribution in [3.05, 3.63) is 28.8 Å². The maximum absolute atomic E-state index is 6.11. The summed E-state index contributed by atoms with van der Waals surface area (Å²) < 4.78 is 11.0. The van der Waals surface area contributed by atoms with Gasteiger partial charge in [0.2, 0.25) is 0 Å². The summed E-state index contributed by atoms with van der Waals surface area (Å²) in [5, 5.41) is 0.605. The molecule has 0 spiro atoms. The average Bonchev–Trinajstić information content (AvgIpc) is 2.37. The van der Waals surface area contributed by atoms with Gasteiger partial charge in [-0.1, -0.05) is 37.9 Å². The van der Waals surface area contributed by atoms with Crippen LogP contribution in [0.5, 0.6) is 5.75 Å². The van der Waals surface area contributed by atoms with Crippen molar-refractivity contribution >= 4 is 11.6 Å². The third-order valence-electron chi connectivity index (χ3n) is 2.74. The molecule has 4 heteroatoms. The monoisotopic (exact) mass is 271 g/mol. The summed E-state index contributed by atoms with van der Waals surface area (Å²) in [6.45, 7) is 6.66. The molecule has 1 aromatic carbocycles. The van der Waals surface area contributed by atoms with Crippen LogP contribution in [0.1, 0.15) is 25.8 Å². The largest absolute Gasteiger partial charge is 0.491 e. The van der Waals surface area contributed by atoms with Crippen molar-refractivity contribution in [3.8, 4) is 5.75 Å². The summed E-state index contributed by atoms with van der Waals surface area (Å²) in [6.07, 6.45) is 1.13. The van der Waals surface area contributed by atoms with Gasteiger partial charge in [-0.2, -0.15) is 0 Å². The number of hydrogen-bond donors (Lipinski definition) is 1. The van der Waals surface area contributed by atoms with Crippen LogP contribution in [0.15, 0.2) is 18.2 Å². The molecule has 0 heterocycles. The Balaban J connectivity index is 2.45. The highest BCUT2D eigenvalue weighted by Gasteiger charge is 2.04. The first-order chi connectivity index (χ1) is 8.67. The fourth-order valence-corrected chi connectivity index (χ4v) is 1.67. The van der Waals surface area contributed by atoms with Crippen LogP contribution in [0.2, 0.25) is 5.02 Å². The van der Waals surface area contributed by atoms with E-state index in [1.165, 1.54) is 0 Å². The van der Waals surface area contributed by atoms with E-state index in [0.717, 1.165) is 18.6 Å². The van der Waals surface area contributed by atoms with Crippen LogP contribution in [0, 0.1) is 5.92 Å². The molecular formula is C14H22ClNO2. The Kier molecular flexibility index (Phi) is 7.09. The molecule has 0 aromatic heterocycles. The second kappa shape index (κ2) is 8.35. The Bertz CT molecular complexity index is 358. The van der Waals surface area contributed by atoms with Crippen molar-refractivity contribution in [3.63, 3.8) is 0 Å². The highest BCUT2D eigenvalue weighted by molar-refractivity contribution is 6.32. The summed E-state index contributed by atoms with van der Waals surface area (Å²) in [5.74, 6) is 1.26. The van der Waals surface area contributed by atoms with Gasteiger partial charge in [-0.15, -0.1) is 0 Å². The normalized spacial score (nSPS) is 12.4. The Morgan fingerprint density at radius 1 is 1.39 bits per heavy atom. The molecule has 0 aliphatic carbocycles. The van der Waals surface area contributed by atoms with E-state index in [1.807, 2.05) is 18.2 Å². The molecule has 0 bridgehead atoms. The first-order valence-electron chi connectivity index (χ1n) is 6.36. The Morgan fingerprint density at radius 3 is 2.78 bits per heavy atom. The summed E-state index contributed by atoms with van der Waals surface area (Å²) in [6, 6.07) is 5.71. The third kappa shape index (κ3) is 5.25. The Hall–Kier alpha value is -0.770. The van der Waals surface area contributed by atoms with Gasteiger partial charge < -0.3 is 15.2 Å². The van der Waals surface area contributed by atoms with Crippen LogP contribution in [-0.2, 0) is 11.3 Å². The molecule has 1 atom stereocenters. The molecule has 1 unspecified atom stereocenters. The molecule has 2 N–H and O–H groups in total. The minimum Gasteiger partial charge on any atom is -0.491 e. The van der Waals surface area contributed by atoms with Crippen LogP contribution >= 0.6 is 11.6 Å². The molecule has 0 aliphatic heterocycles. The van der Waals surface area contributed by atoms with E-state index in [9.17, 15) is 0 Å². The Labute approximate surface area is 114 Å². The van der Waals surface area contributed by atoms with Gasteiger partial charge in [-0.3, -0.25) is 0 Å². The maximum Gasteiger partial charge on any atom is 0.137 e. The zero-order valence-corrected chi connectivity index (χ0v) is 11.9. The highest BCUT2D eigenvalue weighted by atomic mass is 35.5. The number of benzene rings is 1. The summed E-state index contributed by atoms with van der Waals surface area (Å²) in [7, 11) is 0. The number of nitrogens with two attached hydrogens (primary N) is 1. The zero-order chi connectivity index (χ0) is 13.4. The molecule has 0 aliphatic rings. The van der Waals surface area contributed by atoms with E-state index in [2.05, 4.69) is 13.8 Å². The molecule has 0 amide bonds. The lowest BCUT2D eigenvalue weighted by Crippen LogP contribution is -2.10. The van der Waals surface area contributed by atoms with E-state index in [0.29, 0.717) is 36.4 Å². The van der Waals surface area contributed by atoms with Crippen molar-refractivity contribution in [2.45, 2.75) is 26.9 Å². The van der Waals surface area contributed by atoms with Gasteiger partial charge in [0.1, 0.15) is 12.4 Å². The number of ether oxygens (including phenoxy) is 2. The van der Waals surface area contributed by atoms with Crippen molar-refractivity contribution < 1.29 is 9.47 Å². The molecular weight excluding hydrogens is 250 g/mol. The molecule has 1 rings (SSSR count). The van der Waals surface area contributed by atoms with Gasteiger partial charge in [-0.25, -0.2) is 0 Å². The predicted octanol–water partition coefficient (Wildman–Crippen LogP) is 3.24. The van der Waals surface area contributed by atoms with Crippen LogP contribution in [0.4, 0.5) is 0 Å². The molecule has 102 valence electrons. The topological polar surface area (TPSA) is 44.5 Å². The van der Waals surface area contributed by atoms with Gasteiger partial charge in [0.25, 0.3) is 0 Å². The second-order valence-electron chi connectivity index (χ2n) is 4.43. The van der Waals surface area contributed by atoms with Crippen molar-refractivity contribution in [1.82, 2.24) is 0 Å². The maximum atomic E-state index is 6.11.